The van der Waals surface area contributed by atoms with E-state index in [1.807, 2.05) is 6.07 Å². The number of hydrogen-bond donors (Lipinski definition) is 0. The summed E-state index contributed by atoms with van der Waals surface area (Å²) in [5, 5.41) is 0. The standard InChI is InChI=1S/C16H19BrO3/c1-19-11-7-13(17)15(14(8-11)20-2)16(18)12-6-9-3-4-10(12)5-9/h7-10,12H,3-6H2,1-2H3. The maximum atomic E-state index is 12.9. The van der Waals surface area contributed by atoms with Crippen molar-refractivity contribution in [3.63, 3.8) is 0 Å². The molecule has 108 valence electrons. The first kappa shape index (κ1) is 13.9. The number of methoxy groups -OCH3 is 2. The Bertz CT molecular complexity index is 541. The highest BCUT2D eigenvalue weighted by Crippen LogP contribution is 2.50. The molecule has 3 rings (SSSR count). The number of carbonyl (C=O) groups is 1. The van der Waals surface area contributed by atoms with Crippen LogP contribution in [-0.4, -0.2) is 20.0 Å². The number of hydrogen-bond acceptors (Lipinski definition) is 3. The maximum absolute atomic E-state index is 12.9. The molecule has 0 amide bonds. The summed E-state index contributed by atoms with van der Waals surface area (Å²) < 4.78 is 11.4. The lowest BCUT2D eigenvalue weighted by molar-refractivity contribution is 0.0870. The van der Waals surface area contributed by atoms with Crippen molar-refractivity contribution in [1.29, 1.82) is 0 Å². The smallest absolute Gasteiger partial charge is 0.171 e. The summed E-state index contributed by atoms with van der Waals surface area (Å²) in [5.74, 6) is 3.03. The van der Waals surface area contributed by atoms with E-state index in [0.29, 0.717) is 23.0 Å². The Labute approximate surface area is 127 Å². The topological polar surface area (TPSA) is 35.5 Å². The molecule has 1 aromatic carbocycles. The van der Waals surface area contributed by atoms with Crippen molar-refractivity contribution >= 4 is 21.7 Å². The zero-order valence-electron chi connectivity index (χ0n) is 11.8. The second-order valence-electron chi connectivity index (χ2n) is 5.83. The molecule has 20 heavy (non-hydrogen) atoms. The van der Waals surface area contributed by atoms with Crippen LogP contribution in [0.3, 0.4) is 0 Å². The van der Waals surface area contributed by atoms with Gasteiger partial charge in [0.1, 0.15) is 11.5 Å². The van der Waals surface area contributed by atoms with Crippen LogP contribution in [0.2, 0.25) is 0 Å². The van der Waals surface area contributed by atoms with Gasteiger partial charge in [-0.05, 0) is 53.1 Å². The molecule has 0 aliphatic heterocycles. The first-order valence-corrected chi connectivity index (χ1v) is 7.89. The van der Waals surface area contributed by atoms with Crippen LogP contribution in [0.1, 0.15) is 36.0 Å². The average Bonchev–Trinajstić information content (AvgIpc) is 3.08. The predicted octanol–water partition coefficient (Wildman–Crippen LogP) is 4.09. The summed E-state index contributed by atoms with van der Waals surface area (Å²) in [4.78, 5) is 12.9. The Kier molecular flexibility index (Phi) is 3.76. The van der Waals surface area contributed by atoms with Crippen LogP contribution in [0.5, 0.6) is 11.5 Å². The number of ether oxygens (including phenoxy) is 2. The van der Waals surface area contributed by atoms with Gasteiger partial charge >= 0.3 is 0 Å². The highest BCUT2D eigenvalue weighted by molar-refractivity contribution is 9.10. The molecule has 2 aliphatic carbocycles. The van der Waals surface area contributed by atoms with Crippen LogP contribution in [0, 0.1) is 17.8 Å². The molecule has 2 saturated carbocycles. The molecule has 0 aromatic heterocycles. The largest absolute Gasteiger partial charge is 0.497 e. The normalized spacial score (nSPS) is 27.6. The summed E-state index contributed by atoms with van der Waals surface area (Å²) in [5.41, 5.74) is 0.672. The van der Waals surface area contributed by atoms with E-state index < -0.39 is 0 Å². The molecule has 2 fully saturated rings. The molecule has 2 bridgehead atoms. The van der Waals surface area contributed by atoms with Crippen LogP contribution in [0.4, 0.5) is 0 Å². The van der Waals surface area contributed by atoms with Gasteiger partial charge in [-0.3, -0.25) is 4.79 Å². The summed E-state index contributed by atoms with van der Waals surface area (Å²) >= 11 is 3.50. The number of Topliss-reactive ketones (excluding diaryl/α,β-unsaturated/α-hetero) is 1. The van der Waals surface area contributed by atoms with Crippen LogP contribution in [0.25, 0.3) is 0 Å². The van der Waals surface area contributed by atoms with E-state index in [4.69, 9.17) is 9.47 Å². The summed E-state index contributed by atoms with van der Waals surface area (Å²) in [6.45, 7) is 0. The molecule has 3 atom stereocenters. The van der Waals surface area contributed by atoms with Gasteiger partial charge in [-0.2, -0.15) is 0 Å². The van der Waals surface area contributed by atoms with Gasteiger partial charge in [0.15, 0.2) is 5.78 Å². The third-order valence-electron chi connectivity index (χ3n) is 4.80. The van der Waals surface area contributed by atoms with Crippen LogP contribution in [0.15, 0.2) is 16.6 Å². The monoisotopic (exact) mass is 338 g/mol. The molecule has 0 saturated heterocycles. The van der Waals surface area contributed by atoms with Crippen molar-refractivity contribution in [3.8, 4) is 11.5 Å². The van der Waals surface area contributed by atoms with Gasteiger partial charge in [0, 0.05) is 16.5 Å². The van der Waals surface area contributed by atoms with Gasteiger partial charge in [-0.1, -0.05) is 6.42 Å². The summed E-state index contributed by atoms with van der Waals surface area (Å²) in [7, 11) is 3.21. The third-order valence-corrected chi connectivity index (χ3v) is 5.43. The van der Waals surface area contributed by atoms with Crippen LogP contribution < -0.4 is 9.47 Å². The SMILES string of the molecule is COc1cc(Br)c(C(=O)C2CC3CCC2C3)c(OC)c1. The Hall–Kier alpha value is -1.03. The average molecular weight is 339 g/mol. The molecule has 0 spiro atoms. The molecule has 3 unspecified atom stereocenters. The Morgan fingerprint density at radius 2 is 2.00 bits per heavy atom. The van der Waals surface area contributed by atoms with Gasteiger partial charge < -0.3 is 9.47 Å². The number of ketones is 1. The van der Waals surface area contributed by atoms with Crippen molar-refractivity contribution in [2.24, 2.45) is 17.8 Å². The highest BCUT2D eigenvalue weighted by Gasteiger charge is 2.44. The zero-order valence-corrected chi connectivity index (χ0v) is 13.4. The fraction of sp³-hybridized carbons (Fsp3) is 0.562. The zero-order chi connectivity index (χ0) is 14.3. The molecule has 4 heteroatoms. The van der Waals surface area contributed by atoms with Gasteiger partial charge in [0.25, 0.3) is 0 Å². The number of halogens is 1. The number of benzene rings is 1. The van der Waals surface area contributed by atoms with Gasteiger partial charge in [0.2, 0.25) is 0 Å². The number of rotatable bonds is 4. The first-order valence-electron chi connectivity index (χ1n) is 7.09. The molecule has 3 nitrogen and oxygen atoms in total. The molecule has 0 radical (unpaired) electrons. The lowest BCUT2D eigenvalue weighted by Crippen LogP contribution is -2.22. The second kappa shape index (κ2) is 5.40. The van der Waals surface area contributed by atoms with E-state index in [2.05, 4.69) is 15.9 Å². The van der Waals surface area contributed by atoms with E-state index in [0.717, 1.165) is 16.8 Å². The van der Waals surface area contributed by atoms with Crippen molar-refractivity contribution in [1.82, 2.24) is 0 Å². The van der Waals surface area contributed by atoms with E-state index >= 15 is 0 Å². The van der Waals surface area contributed by atoms with E-state index in [-0.39, 0.29) is 11.7 Å². The molecular formula is C16H19BrO3. The Morgan fingerprint density at radius 3 is 2.55 bits per heavy atom. The summed E-state index contributed by atoms with van der Waals surface area (Å²) in [6, 6.07) is 3.62. The Morgan fingerprint density at radius 1 is 1.20 bits per heavy atom. The highest BCUT2D eigenvalue weighted by atomic mass is 79.9. The van der Waals surface area contributed by atoms with Crippen LogP contribution in [-0.2, 0) is 0 Å². The molecular weight excluding hydrogens is 320 g/mol. The van der Waals surface area contributed by atoms with Crippen molar-refractivity contribution in [2.45, 2.75) is 25.7 Å². The van der Waals surface area contributed by atoms with E-state index in [1.54, 1.807) is 20.3 Å². The number of fused-ring (bicyclic) bond motifs is 2. The maximum Gasteiger partial charge on any atom is 0.171 e. The van der Waals surface area contributed by atoms with Crippen molar-refractivity contribution in [2.75, 3.05) is 14.2 Å². The van der Waals surface area contributed by atoms with E-state index in [9.17, 15) is 4.79 Å². The quantitative estimate of drug-likeness (QED) is 0.776. The van der Waals surface area contributed by atoms with Crippen molar-refractivity contribution < 1.29 is 14.3 Å². The van der Waals surface area contributed by atoms with Crippen molar-refractivity contribution in [3.05, 3.63) is 22.2 Å². The summed E-state index contributed by atoms with van der Waals surface area (Å²) in [6.07, 6.45) is 4.78. The number of carbonyl (C=O) groups excluding carboxylic acids is 1. The van der Waals surface area contributed by atoms with Crippen LogP contribution >= 0.6 is 15.9 Å². The van der Waals surface area contributed by atoms with Gasteiger partial charge in [-0.15, -0.1) is 0 Å². The lowest BCUT2D eigenvalue weighted by Gasteiger charge is -2.22. The predicted molar refractivity (Wildman–Crippen MR) is 80.5 cm³/mol. The molecule has 1 aromatic rings. The third kappa shape index (κ3) is 2.24. The lowest BCUT2D eigenvalue weighted by atomic mass is 9.83. The minimum Gasteiger partial charge on any atom is -0.497 e. The molecule has 0 heterocycles. The van der Waals surface area contributed by atoms with Gasteiger partial charge in [-0.25, -0.2) is 0 Å². The molecule has 0 N–H and O–H groups in total. The second-order valence-corrected chi connectivity index (χ2v) is 6.69. The fourth-order valence-electron chi connectivity index (χ4n) is 3.83. The Balaban J connectivity index is 1.95. The minimum absolute atomic E-state index is 0.173. The van der Waals surface area contributed by atoms with E-state index in [1.165, 1.54) is 19.3 Å². The van der Waals surface area contributed by atoms with Gasteiger partial charge in [0.05, 0.1) is 19.8 Å². The minimum atomic E-state index is 0.173. The fourth-order valence-corrected chi connectivity index (χ4v) is 4.44. The first-order chi connectivity index (χ1) is 9.63. The molecule has 2 aliphatic rings.